The molecule has 0 amide bonds. The van der Waals surface area contributed by atoms with E-state index >= 15 is 0 Å². The number of hydrogen-bond donors (Lipinski definition) is 1. The van der Waals surface area contributed by atoms with E-state index in [1.807, 2.05) is 12.1 Å². The molecule has 1 aromatic carbocycles. The molecule has 0 saturated carbocycles. The zero-order chi connectivity index (χ0) is 13.7. The molecule has 2 rings (SSSR count). The molecule has 96 valence electrons. The minimum Gasteiger partial charge on any atom is -0.497 e. The van der Waals surface area contributed by atoms with Gasteiger partial charge in [0.25, 0.3) is 0 Å². The molecule has 0 spiro atoms. The van der Waals surface area contributed by atoms with Crippen LogP contribution in [0.2, 0.25) is 0 Å². The third-order valence-electron chi connectivity index (χ3n) is 2.53. The molecule has 0 bridgehead atoms. The van der Waals surface area contributed by atoms with E-state index in [1.165, 1.54) is 0 Å². The van der Waals surface area contributed by atoms with Gasteiger partial charge in [-0.1, -0.05) is 6.07 Å². The maximum absolute atomic E-state index is 8.83. The number of ether oxygens (including phenoxy) is 2. The van der Waals surface area contributed by atoms with Gasteiger partial charge in [0.05, 0.1) is 19.9 Å². The van der Waals surface area contributed by atoms with Gasteiger partial charge in [-0.3, -0.25) is 0 Å². The summed E-state index contributed by atoms with van der Waals surface area (Å²) in [6, 6.07) is 12.6. The van der Waals surface area contributed by atoms with Crippen molar-refractivity contribution in [3.05, 3.63) is 42.1 Å². The van der Waals surface area contributed by atoms with E-state index in [-0.39, 0.29) is 0 Å². The van der Waals surface area contributed by atoms with Crippen molar-refractivity contribution < 1.29 is 9.47 Å². The Labute approximate surface area is 111 Å². The van der Waals surface area contributed by atoms with Crippen molar-refractivity contribution in [2.45, 2.75) is 0 Å². The predicted octanol–water partition coefficient (Wildman–Crippen LogP) is 2.71. The van der Waals surface area contributed by atoms with Gasteiger partial charge in [-0.15, -0.1) is 0 Å². The standard InChI is InChI=1S/C14H13N3O2/c1-18-11-6-7-13(19-2)12(8-11)17-14-5-3-4-10(9-15)16-14/h3-8H,1-2H3,(H,16,17). The maximum atomic E-state index is 8.83. The number of nitriles is 1. The van der Waals surface area contributed by atoms with Gasteiger partial charge in [-0.05, 0) is 24.3 Å². The second-order valence-electron chi connectivity index (χ2n) is 3.71. The summed E-state index contributed by atoms with van der Waals surface area (Å²) < 4.78 is 10.4. The molecule has 0 saturated heterocycles. The van der Waals surface area contributed by atoms with Crippen LogP contribution in [0, 0.1) is 11.3 Å². The number of hydrogen-bond acceptors (Lipinski definition) is 5. The number of anilines is 2. The smallest absolute Gasteiger partial charge is 0.142 e. The SMILES string of the molecule is COc1ccc(OC)c(Nc2cccc(C#N)n2)c1. The van der Waals surface area contributed by atoms with Gasteiger partial charge in [-0.25, -0.2) is 4.98 Å². The number of pyridine rings is 1. The Morgan fingerprint density at radius 2 is 2.00 bits per heavy atom. The Kier molecular flexibility index (Phi) is 3.84. The van der Waals surface area contributed by atoms with E-state index in [0.717, 1.165) is 5.69 Å². The van der Waals surface area contributed by atoms with E-state index < -0.39 is 0 Å². The number of nitrogens with zero attached hydrogens (tertiary/aromatic N) is 2. The zero-order valence-electron chi connectivity index (χ0n) is 10.7. The molecule has 5 heteroatoms. The molecule has 0 aliphatic heterocycles. The molecule has 0 aliphatic rings. The minimum atomic E-state index is 0.354. The molecule has 0 fully saturated rings. The predicted molar refractivity (Wildman–Crippen MR) is 71.8 cm³/mol. The van der Waals surface area contributed by atoms with E-state index in [2.05, 4.69) is 10.3 Å². The van der Waals surface area contributed by atoms with E-state index in [4.69, 9.17) is 14.7 Å². The summed E-state index contributed by atoms with van der Waals surface area (Å²) in [7, 11) is 3.19. The Morgan fingerprint density at radius 3 is 2.68 bits per heavy atom. The number of aromatic nitrogens is 1. The molecule has 0 radical (unpaired) electrons. The lowest BCUT2D eigenvalue weighted by Gasteiger charge is -2.12. The van der Waals surface area contributed by atoms with Crippen LogP contribution in [0.15, 0.2) is 36.4 Å². The van der Waals surface area contributed by atoms with Crippen LogP contribution < -0.4 is 14.8 Å². The van der Waals surface area contributed by atoms with Crippen molar-refractivity contribution in [1.29, 1.82) is 5.26 Å². The highest BCUT2D eigenvalue weighted by atomic mass is 16.5. The molecule has 1 N–H and O–H groups in total. The fraction of sp³-hybridized carbons (Fsp3) is 0.143. The summed E-state index contributed by atoms with van der Waals surface area (Å²) in [5.74, 6) is 1.95. The average Bonchev–Trinajstić information content (AvgIpc) is 2.47. The summed E-state index contributed by atoms with van der Waals surface area (Å²) in [6.07, 6.45) is 0. The number of benzene rings is 1. The Balaban J connectivity index is 2.33. The van der Waals surface area contributed by atoms with Crippen molar-refractivity contribution in [2.24, 2.45) is 0 Å². The lowest BCUT2D eigenvalue weighted by Crippen LogP contribution is -1.98. The lowest BCUT2D eigenvalue weighted by molar-refractivity contribution is 0.405. The Morgan fingerprint density at radius 1 is 1.16 bits per heavy atom. The van der Waals surface area contributed by atoms with E-state index in [1.54, 1.807) is 44.6 Å². The Hall–Kier alpha value is -2.74. The summed E-state index contributed by atoms with van der Waals surface area (Å²) in [5, 5.41) is 11.9. The third-order valence-corrected chi connectivity index (χ3v) is 2.53. The normalized spacial score (nSPS) is 9.53. The van der Waals surface area contributed by atoms with Crippen LogP contribution >= 0.6 is 0 Å². The van der Waals surface area contributed by atoms with Crippen molar-refractivity contribution in [1.82, 2.24) is 4.98 Å². The molecule has 1 aromatic heterocycles. The highest BCUT2D eigenvalue weighted by Crippen LogP contribution is 2.30. The Bertz CT molecular complexity index is 620. The van der Waals surface area contributed by atoms with Crippen molar-refractivity contribution in [3.63, 3.8) is 0 Å². The molecule has 19 heavy (non-hydrogen) atoms. The van der Waals surface area contributed by atoms with Crippen LogP contribution in [-0.4, -0.2) is 19.2 Å². The van der Waals surface area contributed by atoms with Crippen molar-refractivity contribution in [3.8, 4) is 17.6 Å². The third kappa shape index (κ3) is 2.93. The molecule has 0 aliphatic carbocycles. The fourth-order valence-corrected chi connectivity index (χ4v) is 1.62. The van der Waals surface area contributed by atoms with Gasteiger partial charge in [0.2, 0.25) is 0 Å². The highest BCUT2D eigenvalue weighted by molar-refractivity contribution is 5.66. The van der Waals surface area contributed by atoms with Crippen molar-refractivity contribution in [2.75, 3.05) is 19.5 Å². The lowest BCUT2D eigenvalue weighted by atomic mass is 10.2. The van der Waals surface area contributed by atoms with Gasteiger partial charge >= 0.3 is 0 Å². The number of rotatable bonds is 4. The van der Waals surface area contributed by atoms with Gasteiger partial charge in [-0.2, -0.15) is 5.26 Å². The molecular formula is C14H13N3O2. The van der Waals surface area contributed by atoms with Crippen LogP contribution in [-0.2, 0) is 0 Å². The number of methoxy groups -OCH3 is 2. The molecule has 0 atom stereocenters. The number of nitrogens with one attached hydrogen (secondary N) is 1. The highest BCUT2D eigenvalue weighted by Gasteiger charge is 2.06. The van der Waals surface area contributed by atoms with E-state index in [0.29, 0.717) is 23.0 Å². The fourth-order valence-electron chi connectivity index (χ4n) is 1.62. The van der Waals surface area contributed by atoms with Crippen LogP contribution in [0.4, 0.5) is 11.5 Å². The van der Waals surface area contributed by atoms with E-state index in [9.17, 15) is 0 Å². The molecular weight excluding hydrogens is 242 g/mol. The van der Waals surface area contributed by atoms with Crippen LogP contribution in [0.5, 0.6) is 11.5 Å². The summed E-state index contributed by atoms with van der Waals surface area (Å²) in [6.45, 7) is 0. The van der Waals surface area contributed by atoms with Gasteiger partial charge < -0.3 is 14.8 Å². The molecule has 0 unspecified atom stereocenters. The van der Waals surface area contributed by atoms with Crippen LogP contribution in [0.3, 0.4) is 0 Å². The first-order chi connectivity index (χ1) is 9.26. The van der Waals surface area contributed by atoms with Crippen LogP contribution in [0.25, 0.3) is 0 Å². The van der Waals surface area contributed by atoms with Crippen molar-refractivity contribution >= 4 is 11.5 Å². The molecule has 1 heterocycles. The first kappa shape index (κ1) is 12.7. The largest absolute Gasteiger partial charge is 0.497 e. The molecule has 2 aromatic rings. The van der Waals surface area contributed by atoms with Gasteiger partial charge in [0.15, 0.2) is 0 Å². The maximum Gasteiger partial charge on any atom is 0.142 e. The molecule has 5 nitrogen and oxygen atoms in total. The topological polar surface area (TPSA) is 67.2 Å². The van der Waals surface area contributed by atoms with Crippen LogP contribution in [0.1, 0.15) is 5.69 Å². The first-order valence-corrected chi connectivity index (χ1v) is 5.63. The zero-order valence-corrected chi connectivity index (χ0v) is 10.7. The summed E-state index contributed by atoms with van der Waals surface area (Å²) in [5.41, 5.74) is 1.08. The first-order valence-electron chi connectivity index (χ1n) is 5.63. The summed E-state index contributed by atoms with van der Waals surface area (Å²) >= 11 is 0. The monoisotopic (exact) mass is 255 g/mol. The minimum absolute atomic E-state index is 0.354. The van der Waals surface area contributed by atoms with Gasteiger partial charge in [0, 0.05) is 6.07 Å². The quantitative estimate of drug-likeness (QED) is 0.909. The summed E-state index contributed by atoms with van der Waals surface area (Å²) in [4.78, 5) is 4.15. The average molecular weight is 255 g/mol. The second kappa shape index (κ2) is 5.74. The second-order valence-corrected chi connectivity index (χ2v) is 3.71. The van der Waals surface area contributed by atoms with Gasteiger partial charge in [0.1, 0.15) is 29.1 Å².